The third kappa shape index (κ3) is 5.26. The first kappa shape index (κ1) is 20.9. The summed E-state index contributed by atoms with van der Waals surface area (Å²) in [6.07, 6.45) is 8.83. The standard InChI is InChI=1S/C16H34N2.2BrH/c1-3-17(11-5-6-12-17)15-9-10-16-18(4-2)13-7-8-14-18;;/h3-16H2,1-2H3;2*1H/q+2;;/p-2. The zero-order valence-electron chi connectivity index (χ0n) is 13.5. The highest BCUT2D eigenvalue weighted by Crippen LogP contribution is 2.22. The van der Waals surface area contributed by atoms with Crippen LogP contribution < -0.4 is 34.0 Å². The number of halogens is 2. The maximum Gasteiger partial charge on any atom is 0.0788 e. The highest BCUT2D eigenvalue weighted by atomic mass is 79.9. The Hall–Kier alpha value is 0.880. The van der Waals surface area contributed by atoms with Gasteiger partial charge >= 0.3 is 0 Å². The van der Waals surface area contributed by atoms with Gasteiger partial charge in [0.05, 0.1) is 52.4 Å². The second-order valence-electron chi connectivity index (χ2n) is 6.78. The van der Waals surface area contributed by atoms with Crippen molar-refractivity contribution in [1.82, 2.24) is 0 Å². The molecule has 20 heavy (non-hydrogen) atoms. The Morgan fingerprint density at radius 1 is 0.600 bits per heavy atom. The van der Waals surface area contributed by atoms with E-state index in [0.717, 1.165) is 0 Å². The van der Waals surface area contributed by atoms with Crippen LogP contribution >= 0.6 is 0 Å². The van der Waals surface area contributed by atoms with Crippen LogP contribution in [0.15, 0.2) is 0 Å². The summed E-state index contributed by atoms with van der Waals surface area (Å²) in [5.41, 5.74) is 0. The predicted octanol–water partition coefficient (Wildman–Crippen LogP) is -2.96. The summed E-state index contributed by atoms with van der Waals surface area (Å²) < 4.78 is 2.87. The molecule has 2 aliphatic heterocycles. The fourth-order valence-corrected chi connectivity index (χ4v) is 4.30. The Morgan fingerprint density at radius 2 is 0.900 bits per heavy atom. The van der Waals surface area contributed by atoms with Crippen molar-refractivity contribution < 1.29 is 42.9 Å². The number of quaternary nitrogens is 2. The largest absolute Gasteiger partial charge is 1.00 e. The van der Waals surface area contributed by atoms with Gasteiger partial charge in [0.25, 0.3) is 0 Å². The number of nitrogens with zero attached hydrogens (tertiary/aromatic N) is 2. The Morgan fingerprint density at radius 3 is 1.15 bits per heavy atom. The van der Waals surface area contributed by atoms with Crippen LogP contribution in [0.25, 0.3) is 0 Å². The van der Waals surface area contributed by atoms with Gasteiger partial charge in [0.15, 0.2) is 0 Å². The maximum absolute atomic E-state index is 2.39. The molecule has 0 atom stereocenters. The molecule has 2 nitrogen and oxygen atoms in total. The highest BCUT2D eigenvalue weighted by Gasteiger charge is 2.31. The van der Waals surface area contributed by atoms with E-state index in [0.29, 0.717) is 0 Å². The molecule has 0 N–H and O–H groups in total. The first-order chi connectivity index (χ1) is 8.74. The van der Waals surface area contributed by atoms with Gasteiger partial charge in [-0.15, -0.1) is 0 Å². The smallest absolute Gasteiger partial charge is 0.0788 e. The van der Waals surface area contributed by atoms with Crippen LogP contribution in [0.1, 0.15) is 52.4 Å². The van der Waals surface area contributed by atoms with E-state index in [1.165, 1.54) is 99.8 Å². The lowest BCUT2D eigenvalue weighted by molar-refractivity contribution is -0.921. The molecule has 2 rings (SSSR count). The van der Waals surface area contributed by atoms with Crippen molar-refractivity contribution in [3.8, 4) is 0 Å². The molecule has 2 heterocycles. The van der Waals surface area contributed by atoms with E-state index >= 15 is 0 Å². The van der Waals surface area contributed by atoms with Gasteiger partial charge in [-0.25, -0.2) is 0 Å². The van der Waals surface area contributed by atoms with Crippen LogP contribution in [0.3, 0.4) is 0 Å². The average molecular weight is 414 g/mol. The molecule has 0 aromatic heterocycles. The molecule has 0 aliphatic carbocycles. The van der Waals surface area contributed by atoms with Gasteiger partial charge in [0.2, 0.25) is 0 Å². The molecule has 122 valence electrons. The van der Waals surface area contributed by atoms with E-state index in [4.69, 9.17) is 0 Å². The van der Waals surface area contributed by atoms with E-state index in [9.17, 15) is 0 Å². The lowest BCUT2D eigenvalue weighted by atomic mass is 10.2. The lowest BCUT2D eigenvalue weighted by Gasteiger charge is -2.35. The number of hydrogen-bond donors (Lipinski definition) is 0. The van der Waals surface area contributed by atoms with Gasteiger partial charge in [0.1, 0.15) is 0 Å². The minimum absolute atomic E-state index is 0. The summed E-state index contributed by atoms with van der Waals surface area (Å²) in [6.45, 7) is 16.3. The molecule has 0 saturated carbocycles. The molecule has 2 saturated heterocycles. The normalized spacial score (nSPS) is 23.1. The summed E-state index contributed by atoms with van der Waals surface area (Å²) in [6, 6.07) is 0. The minimum atomic E-state index is 0. The van der Waals surface area contributed by atoms with Crippen molar-refractivity contribution >= 4 is 0 Å². The molecule has 0 radical (unpaired) electrons. The first-order valence-corrected chi connectivity index (χ1v) is 8.44. The summed E-state index contributed by atoms with van der Waals surface area (Å²) in [4.78, 5) is 0. The summed E-state index contributed by atoms with van der Waals surface area (Å²) in [5.74, 6) is 0. The Balaban J connectivity index is 0.00000180. The lowest BCUT2D eigenvalue weighted by Crippen LogP contribution is -3.00. The second kappa shape index (κ2) is 9.81. The molecule has 2 fully saturated rings. The van der Waals surface area contributed by atoms with Crippen molar-refractivity contribution in [3.63, 3.8) is 0 Å². The summed E-state index contributed by atoms with van der Waals surface area (Å²) in [5, 5.41) is 0. The minimum Gasteiger partial charge on any atom is -1.00 e. The molecule has 0 aromatic rings. The monoisotopic (exact) mass is 412 g/mol. The molecule has 0 aromatic carbocycles. The van der Waals surface area contributed by atoms with Gasteiger partial charge in [-0.3, -0.25) is 0 Å². The van der Waals surface area contributed by atoms with Crippen LogP contribution in [0.2, 0.25) is 0 Å². The van der Waals surface area contributed by atoms with Gasteiger partial charge in [-0.2, -0.15) is 0 Å². The molecule has 0 amide bonds. The zero-order valence-corrected chi connectivity index (χ0v) is 16.7. The van der Waals surface area contributed by atoms with Crippen molar-refractivity contribution in [3.05, 3.63) is 0 Å². The topological polar surface area (TPSA) is 0 Å². The zero-order chi connectivity index (χ0) is 12.9. The summed E-state index contributed by atoms with van der Waals surface area (Å²) >= 11 is 0. The van der Waals surface area contributed by atoms with Crippen LogP contribution in [0, 0.1) is 0 Å². The fourth-order valence-electron chi connectivity index (χ4n) is 4.30. The fraction of sp³-hybridized carbons (Fsp3) is 1.00. The molecule has 0 bridgehead atoms. The van der Waals surface area contributed by atoms with E-state index in [1.54, 1.807) is 0 Å². The van der Waals surface area contributed by atoms with Crippen LogP contribution in [0.5, 0.6) is 0 Å². The Labute approximate surface area is 147 Å². The third-order valence-corrected chi connectivity index (χ3v) is 5.89. The average Bonchev–Trinajstić information content (AvgIpc) is 3.06. The number of hydrogen-bond acceptors (Lipinski definition) is 0. The van der Waals surface area contributed by atoms with Crippen LogP contribution in [-0.2, 0) is 0 Å². The quantitative estimate of drug-likeness (QED) is 0.309. The van der Waals surface area contributed by atoms with Crippen LogP contribution in [-0.4, -0.2) is 61.3 Å². The molecule has 0 unspecified atom stereocenters. The first-order valence-electron chi connectivity index (χ1n) is 8.44. The van der Waals surface area contributed by atoms with E-state index in [-0.39, 0.29) is 34.0 Å². The van der Waals surface area contributed by atoms with Crippen molar-refractivity contribution in [2.24, 2.45) is 0 Å². The molecular formula is C16H34Br2N2. The number of rotatable bonds is 7. The van der Waals surface area contributed by atoms with Gasteiger partial charge in [-0.05, 0) is 13.8 Å². The summed E-state index contributed by atoms with van der Waals surface area (Å²) in [7, 11) is 0. The molecule has 4 heteroatoms. The van der Waals surface area contributed by atoms with Gasteiger partial charge in [-0.1, -0.05) is 0 Å². The number of likely N-dealkylation sites (tertiary alicyclic amines) is 2. The molecule has 2 aliphatic rings. The Bertz CT molecular complexity index is 221. The molecule has 0 spiro atoms. The van der Waals surface area contributed by atoms with E-state index in [2.05, 4.69) is 13.8 Å². The maximum atomic E-state index is 2.39. The van der Waals surface area contributed by atoms with Gasteiger partial charge < -0.3 is 42.9 Å². The van der Waals surface area contributed by atoms with Crippen molar-refractivity contribution in [2.45, 2.75) is 52.4 Å². The third-order valence-electron chi connectivity index (χ3n) is 5.89. The second-order valence-corrected chi connectivity index (χ2v) is 6.78. The van der Waals surface area contributed by atoms with Crippen LogP contribution in [0.4, 0.5) is 0 Å². The van der Waals surface area contributed by atoms with Crippen molar-refractivity contribution in [1.29, 1.82) is 0 Å². The van der Waals surface area contributed by atoms with E-state index in [1.807, 2.05) is 0 Å². The van der Waals surface area contributed by atoms with E-state index < -0.39 is 0 Å². The SMILES string of the molecule is CC[N+]1(CCCC[N+]2(CC)CCCC2)CCCC1.[Br-].[Br-]. The number of unbranched alkanes of at least 4 members (excludes halogenated alkanes) is 1. The van der Waals surface area contributed by atoms with Gasteiger partial charge in [0, 0.05) is 38.5 Å². The van der Waals surface area contributed by atoms with Crippen molar-refractivity contribution in [2.75, 3.05) is 52.4 Å². The Kier molecular flexibility index (Phi) is 10.2. The molecular weight excluding hydrogens is 380 g/mol. The highest BCUT2D eigenvalue weighted by molar-refractivity contribution is 4.57. The predicted molar refractivity (Wildman–Crippen MR) is 78.5 cm³/mol.